The van der Waals surface area contributed by atoms with Crippen molar-refractivity contribution in [3.63, 3.8) is 0 Å². The lowest BCUT2D eigenvalue weighted by atomic mass is 9.95. The van der Waals surface area contributed by atoms with Gasteiger partial charge in [0.25, 0.3) is 0 Å². The number of ether oxygens (including phenoxy) is 3. The molecule has 0 amide bonds. The number of piperazine rings is 1. The summed E-state index contributed by atoms with van der Waals surface area (Å²) in [6.45, 7) is 3.88. The molecule has 1 aliphatic rings. The summed E-state index contributed by atoms with van der Waals surface area (Å²) >= 11 is 3.61. The summed E-state index contributed by atoms with van der Waals surface area (Å²) in [5.74, 6) is 2.35. The fourth-order valence-electron chi connectivity index (χ4n) is 3.47. The smallest absolute Gasteiger partial charge is 0.161 e. The van der Waals surface area contributed by atoms with Gasteiger partial charge in [-0.3, -0.25) is 4.90 Å². The van der Waals surface area contributed by atoms with Gasteiger partial charge in [0.15, 0.2) is 11.5 Å². The lowest BCUT2D eigenvalue weighted by Crippen LogP contribution is -2.45. The molecule has 1 unspecified atom stereocenters. The SMILES string of the molecule is COc1ccc(C(c2cc(Br)ccc2OC)N2CCNCC2)cc1OC. The lowest BCUT2D eigenvalue weighted by molar-refractivity contribution is 0.195. The molecule has 1 fully saturated rings. The van der Waals surface area contributed by atoms with E-state index in [1.54, 1.807) is 21.3 Å². The standard InChI is InChI=1S/C20H25BrN2O3/c1-24-17-7-5-15(21)13-16(17)20(23-10-8-22-9-11-23)14-4-6-18(25-2)19(12-14)26-3/h4-7,12-13,20,22H,8-11H2,1-3H3. The summed E-state index contributed by atoms with van der Waals surface area (Å²) in [7, 11) is 5.04. The number of rotatable bonds is 6. The van der Waals surface area contributed by atoms with Crippen LogP contribution >= 0.6 is 15.9 Å². The molecular weight excluding hydrogens is 396 g/mol. The number of nitrogens with zero attached hydrogens (tertiary/aromatic N) is 1. The molecule has 1 saturated heterocycles. The first-order chi connectivity index (χ1) is 12.7. The van der Waals surface area contributed by atoms with Crippen LogP contribution in [0.15, 0.2) is 40.9 Å². The van der Waals surface area contributed by atoms with Gasteiger partial charge in [-0.05, 0) is 35.9 Å². The minimum atomic E-state index is 0.0735. The Kier molecular flexibility index (Phi) is 6.40. The van der Waals surface area contributed by atoms with E-state index in [1.807, 2.05) is 18.2 Å². The highest BCUT2D eigenvalue weighted by atomic mass is 79.9. The second kappa shape index (κ2) is 8.75. The summed E-state index contributed by atoms with van der Waals surface area (Å²) in [6.07, 6.45) is 0. The van der Waals surface area contributed by atoms with Gasteiger partial charge >= 0.3 is 0 Å². The molecule has 0 spiro atoms. The zero-order valence-corrected chi connectivity index (χ0v) is 17.0. The Hall–Kier alpha value is -1.76. The summed E-state index contributed by atoms with van der Waals surface area (Å²) in [5, 5.41) is 3.43. The molecule has 2 aromatic rings. The van der Waals surface area contributed by atoms with Crippen LogP contribution in [0.1, 0.15) is 17.2 Å². The maximum atomic E-state index is 5.68. The van der Waals surface area contributed by atoms with Crippen LogP contribution < -0.4 is 19.5 Å². The van der Waals surface area contributed by atoms with Gasteiger partial charge < -0.3 is 19.5 Å². The summed E-state index contributed by atoms with van der Waals surface area (Å²) in [4.78, 5) is 2.47. The van der Waals surface area contributed by atoms with Gasteiger partial charge in [0.1, 0.15) is 5.75 Å². The molecule has 26 heavy (non-hydrogen) atoms. The van der Waals surface area contributed by atoms with Crippen molar-refractivity contribution in [2.75, 3.05) is 47.5 Å². The Bertz CT molecular complexity index is 748. The molecule has 1 N–H and O–H groups in total. The number of hydrogen-bond acceptors (Lipinski definition) is 5. The third kappa shape index (κ3) is 3.98. The van der Waals surface area contributed by atoms with Gasteiger partial charge in [-0.1, -0.05) is 22.0 Å². The van der Waals surface area contributed by atoms with Gasteiger partial charge in [-0.2, -0.15) is 0 Å². The maximum Gasteiger partial charge on any atom is 0.161 e. The van der Waals surface area contributed by atoms with Crippen LogP contribution in [0.4, 0.5) is 0 Å². The second-order valence-electron chi connectivity index (χ2n) is 6.19. The predicted molar refractivity (Wildman–Crippen MR) is 107 cm³/mol. The molecule has 6 heteroatoms. The van der Waals surface area contributed by atoms with Crippen molar-refractivity contribution in [2.45, 2.75) is 6.04 Å². The first-order valence-electron chi connectivity index (χ1n) is 8.68. The molecule has 3 rings (SSSR count). The average molecular weight is 421 g/mol. The highest BCUT2D eigenvalue weighted by Crippen LogP contribution is 2.39. The van der Waals surface area contributed by atoms with Crippen molar-refractivity contribution >= 4 is 15.9 Å². The molecule has 1 aliphatic heterocycles. The van der Waals surface area contributed by atoms with E-state index in [0.29, 0.717) is 0 Å². The summed E-state index contributed by atoms with van der Waals surface area (Å²) < 4.78 is 17.7. The van der Waals surface area contributed by atoms with Crippen LogP contribution in [-0.4, -0.2) is 52.4 Å². The van der Waals surface area contributed by atoms with Crippen molar-refractivity contribution in [1.29, 1.82) is 0 Å². The van der Waals surface area contributed by atoms with E-state index < -0.39 is 0 Å². The van der Waals surface area contributed by atoms with Crippen LogP contribution in [0.25, 0.3) is 0 Å². The van der Waals surface area contributed by atoms with Crippen LogP contribution in [0.5, 0.6) is 17.2 Å². The van der Waals surface area contributed by atoms with Crippen molar-refractivity contribution in [2.24, 2.45) is 0 Å². The molecule has 0 bridgehead atoms. The normalized spacial score (nSPS) is 16.2. The van der Waals surface area contributed by atoms with Crippen LogP contribution in [0.2, 0.25) is 0 Å². The van der Waals surface area contributed by atoms with Crippen molar-refractivity contribution in [3.05, 3.63) is 52.0 Å². The van der Waals surface area contributed by atoms with Gasteiger partial charge in [0, 0.05) is 36.2 Å². The third-order valence-electron chi connectivity index (χ3n) is 4.73. The van der Waals surface area contributed by atoms with Gasteiger partial charge in [0.05, 0.1) is 27.4 Å². The number of benzene rings is 2. The summed E-state index contributed by atoms with van der Waals surface area (Å²) in [5.41, 5.74) is 2.29. The van der Waals surface area contributed by atoms with Crippen LogP contribution in [-0.2, 0) is 0 Å². The van der Waals surface area contributed by atoms with E-state index in [-0.39, 0.29) is 6.04 Å². The highest BCUT2D eigenvalue weighted by Gasteiger charge is 2.27. The van der Waals surface area contributed by atoms with Crippen LogP contribution in [0.3, 0.4) is 0 Å². The molecule has 0 aromatic heterocycles. The minimum Gasteiger partial charge on any atom is -0.496 e. The molecule has 5 nitrogen and oxygen atoms in total. The lowest BCUT2D eigenvalue weighted by Gasteiger charge is -2.36. The largest absolute Gasteiger partial charge is 0.496 e. The molecule has 0 aliphatic carbocycles. The average Bonchev–Trinajstić information content (AvgIpc) is 2.69. The van der Waals surface area contributed by atoms with Gasteiger partial charge in [-0.15, -0.1) is 0 Å². The summed E-state index contributed by atoms with van der Waals surface area (Å²) in [6, 6.07) is 12.4. The Labute approximate surface area is 163 Å². The zero-order chi connectivity index (χ0) is 18.5. The van der Waals surface area contributed by atoms with E-state index in [4.69, 9.17) is 14.2 Å². The number of halogens is 1. The Balaban J connectivity index is 2.11. The van der Waals surface area contributed by atoms with E-state index in [1.165, 1.54) is 0 Å². The third-order valence-corrected chi connectivity index (χ3v) is 5.22. The Morgan fingerprint density at radius 3 is 2.19 bits per heavy atom. The molecule has 0 saturated carbocycles. The van der Waals surface area contributed by atoms with Crippen LogP contribution in [0, 0.1) is 0 Å². The first kappa shape index (κ1) is 19.0. The van der Waals surface area contributed by atoms with E-state index in [0.717, 1.165) is 59.0 Å². The van der Waals surface area contributed by atoms with Gasteiger partial charge in [-0.25, -0.2) is 0 Å². The number of nitrogens with one attached hydrogen (secondary N) is 1. The number of hydrogen-bond donors (Lipinski definition) is 1. The highest BCUT2D eigenvalue weighted by molar-refractivity contribution is 9.10. The Morgan fingerprint density at radius 1 is 0.885 bits per heavy atom. The van der Waals surface area contributed by atoms with Crippen molar-refractivity contribution < 1.29 is 14.2 Å². The number of methoxy groups -OCH3 is 3. The molecule has 140 valence electrons. The van der Waals surface area contributed by atoms with Crippen molar-refractivity contribution in [3.8, 4) is 17.2 Å². The molecule has 1 atom stereocenters. The topological polar surface area (TPSA) is 43.0 Å². The molecule has 1 heterocycles. The maximum absolute atomic E-state index is 5.68. The monoisotopic (exact) mass is 420 g/mol. The zero-order valence-electron chi connectivity index (χ0n) is 15.4. The van der Waals surface area contributed by atoms with E-state index in [9.17, 15) is 0 Å². The molecule has 2 aromatic carbocycles. The quantitative estimate of drug-likeness (QED) is 0.774. The second-order valence-corrected chi connectivity index (χ2v) is 7.10. The fraction of sp³-hybridized carbons (Fsp3) is 0.400. The first-order valence-corrected chi connectivity index (χ1v) is 9.47. The minimum absolute atomic E-state index is 0.0735. The Morgan fingerprint density at radius 2 is 1.54 bits per heavy atom. The predicted octanol–water partition coefficient (Wildman–Crippen LogP) is 3.47. The van der Waals surface area contributed by atoms with Gasteiger partial charge in [0.2, 0.25) is 0 Å². The van der Waals surface area contributed by atoms with Crippen molar-refractivity contribution in [1.82, 2.24) is 10.2 Å². The fourth-order valence-corrected chi connectivity index (χ4v) is 3.85. The molecular formula is C20H25BrN2O3. The van der Waals surface area contributed by atoms with E-state index in [2.05, 4.69) is 44.3 Å². The molecule has 0 radical (unpaired) electrons. The van der Waals surface area contributed by atoms with E-state index >= 15 is 0 Å².